The van der Waals surface area contributed by atoms with Crippen LogP contribution < -0.4 is 10.2 Å². The molecular weight excluding hydrogens is 427 g/mol. The topological polar surface area (TPSA) is 41.6 Å². The minimum absolute atomic E-state index is 0.139. The van der Waals surface area contributed by atoms with Crippen LogP contribution in [0.25, 0.3) is 0 Å². The van der Waals surface area contributed by atoms with Crippen LogP contribution in [0.2, 0.25) is 5.02 Å². The van der Waals surface area contributed by atoms with Crippen molar-refractivity contribution in [1.82, 2.24) is 0 Å². The summed E-state index contributed by atoms with van der Waals surface area (Å²) in [6, 6.07) is 13.0. The molecule has 120 valence electrons. The molecule has 1 fully saturated rings. The number of carbonyl (C=O) groups excluding carboxylic acids is 1. The Kier molecular flexibility index (Phi) is 5.40. The minimum Gasteiger partial charge on any atom is -0.378 e. The van der Waals surface area contributed by atoms with Crippen LogP contribution in [-0.2, 0) is 4.74 Å². The molecule has 1 aliphatic heterocycles. The number of amides is 1. The number of halogens is 2. The van der Waals surface area contributed by atoms with Crippen molar-refractivity contribution in [2.75, 3.05) is 36.5 Å². The molecule has 0 unspecified atom stereocenters. The van der Waals surface area contributed by atoms with E-state index in [1.165, 1.54) is 0 Å². The van der Waals surface area contributed by atoms with Crippen LogP contribution in [0.1, 0.15) is 10.4 Å². The van der Waals surface area contributed by atoms with E-state index in [-0.39, 0.29) is 5.91 Å². The number of nitrogens with zero attached hydrogens (tertiary/aromatic N) is 1. The van der Waals surface area contributed by atoms with Gasteiger partial charge in [-0.25, -0.2) is 0 Å². The standard InChI is InChI=1S/C17H16ClIN2O2/c18-14-5-2-6-15(16(14)21-7-9-23-10-8-21)20-17(22)12-3-1-4-13(19)11-12/h1-6,11H,7-10H2,(H,20,22). The number of carbonyl (C=O) groups is 1. The van der Waals surface area contributed by atoms with Crippen molar-refractivity contribution in [3.8, 4) is 0 Å². The fourth-order valence-electron chi connectivity index (χ4n) is 2.55. The maximum absolute atomic E-state index is 12.5. The lowest BCUT2D eigenvalue weighted by Crippen LogP contribution is -2.37. The van der Waals surface area contributed by atoms with Crippen molar-refractivity contribution in [2.45, 2.75) is 0 Å². The first-order valence-corrected chi connectivity index (χ1v) is 8.79. The number of morpholine rings is 1. The van der Waals surface area contributed by atoms with E-state index in [9.17, 15) is 4.79 Å². The highest BCUT2D eigenvalue weighted by Gasteiger charge is 2.19. The van der Waals surface area contributed by atoms with Gasteiger partial charge in [-0.15, -0.1) is 0 Å². The van der Waals surface area contributed by atoms with E-state index in [0.29, 0.717) is 23.8 Å². The maximum Gasteiger partial charge on any atom is 0.255 e. The summed E-state index contributed by atoms with van der Waals surface area (Å²) >= 11 is 8.58. The van der Waals surface area contributed by atoms with Gasteiger partial charge < -0.3 is 15.0 Å². The quantitative estimate of drug-likeness (QED) is 0.730. The molecule has 1 saturated heterocycles. The van der Waals surface area contributed by atoms with Gasteiger partial charge in [0.25, 0.3) is 5.91 Å². The fourth-order valence-corrected chi connectivity index (χ4v) is 3.39. The molecule has 3 rings (SSSR count). The number of hydrogen-bond donors (Lipinski definition) is 1. The van der Waals surface area contributed by atoms with Gasteiger partial charge in [-0.2, -0.15) is 0 Å². The average molecular weight is 443 g/mol. The van der Waals surface area contributed by atoms with Crippen LogP contribution in [0.5, 0.6) is 0 Å². The van der Waals surface area contributed by atoms with Crippen molar-refractivity contribution in [2.24, 2.45) is 0 Å². The molecule has 0 saturated carbocycles. The van der Waals surface area contributed by atoms with E-state index in [4.69, 9.17) is 16.3 Å². The van der Waals surface area contributed by atoms with Gasteiger partial charge in [0.05, 0.1) is 29.6 Å². The summed E-state index contributed by atoms with van der Waals surface area (Å²) in [5, 5.41) is 3.61. The molecule has 4 nitrogen and oxygen atoms in total. The lowest BCUT2D eigenvalue weighted by Gasteiger charge is -2.31. The second-order valence-corrected chi connectivity index (χ2v) is 6.85. The van der Waals surface area contributed by atoms with Crippen molar-refractivity contribution in [1.29, 1.82) is 0 Å². The van der Waals surface area contributed by atoms with Gasteiger partial charge in [0.15, 0.2) is 0 Å². The molecule has 0 atom stereocenters. The SMILES string of the molecule is O=C(Nc1cccc(Cl)c1N1CCOCC1)c1cccc(I)c1. The zero-order valence-corrected chi connectivity index (χ0v) is 15.3. The van der Waals surface area contributed by atoms with Gasteiger partial charge in [0, 0.05) is 22.2 Å². The molecule has 2 aromatic carbocycles. The van der Waals surface area contributed by atoms with Gasteiger partial charge in [0.1, 0.15) is 0 Å². The molecule has 0 radical (unpaired) electrons. The number of hydrogen-bond acceptors (Lipinski definition) is 3. The third-order valence-corrected chi connectivity index (χ3v) is 4.63. The number of para-hydroxylation sites is 1. The van der Waals surface area contributed by atoms with Crippen LogP contribution in [-0.4, -0.2) is 32.2 Å². The Morgan fingerprint density at radius 1 is 1.17 bits per heavy atom. The van der Waals surface area contributed by atoms with Gasteiger partial charge in [-0.3, -0.25) is 4.79 Å². The van der Waals surface area contributed by atoms with Gasteiger partial charge in [0.2, 0.25) is 0 Å². The third kappa shape index (κ3) is 3.97. The lowest BCUT2D eigenvalue weighted by atomic mass is 10.2. The zero-order chi connectivity index (χ0) is 16.2. The summed E-state index contributed by atoms with van der Waals surface area (Å²) < 4.78 is 6.41. The first kappa shape index (κ1) is 16.5. The Morgan fingerprint density at radius 3 is 2.65 bits per heavy atom. The molecule has 6 heteroatoms. The van der Waals surface area contributed by atoms with Crippen LogP contribution >= 0.6 is 34.2 Å². The first-order chi connectivity index (χ1) is 11.1. The Hall–Kier alpha value is -1.31. The molecule has 1 N–H and O–H groups in total. The van der Waals surface area contributed by atoms with E-state index >= 15 is 0 Å². The normalized spacial score (nSPS) is 14.6. The summed E-state index contributed by atoms with van der Waals surface area (Å²) in [5.41, 5.74) is 2.21. The number of ether oxygens (including phenoxy) is 1. The molecule has 23 heavy (non-hydrogen) atoms. The molecule has 0 aromatic heterocycles. The highest BCUT2D eigenvalue weighted by molar-refractivity contribution is 14.1. The number of anilines is 2. The van der Waals surface area contributed by atoms with Crippen molar-refractivity contribution < 1.29 is 9.53 Å². The second-order valence-electron chi connectivity index (χ2n) is 5.20. The van der Waals surface area contributed by atoms with E-state index in [2.05, 4.69) is 32.8 Å². The predicted molar refractivity (Wildman–Crippen MR) is 102 cm³/mol. The lowest BCUT2D eigenvalue weighted by molar-refractivity contribution is 0.102. The summed E-state index contributed by atoms with van der Waals surface area (Å²) in [4.78, 5) is 14.7. The summed E-state index contributed by atoms with van der Waals surface area (Å²) in [7, 11) is 0. The molecule has 1 amide bonds. The highest BCUT2D eigenvalue weighted by atomic mass is 127. The predicted octanol–water partition coefficient (Wildman–Crippen LogP) is 4.03. The first-order valence-electron chi connectivity index (χ1n) is 7.33. The largest absolute Gasteiger partial charge is 0.378 e. The molecule has 0 spiro atoms. The van der Waals surface area contributed by atoms with Crippen LogP contribution in [0, 0.1) is 3.57 Å². The zero-order valence-electron chi connectivity index (χ0n) is 12.4. The monoisotopic (exact) mass is 442 g/mol. The van der Waals surface area contributed by atoms with Crippen molar-refractivity contribution >= 4 is 51.5 Å². The average Bonchev–Trinajstić information content (AvgIpc) is 2.56. The van der Waals surface area contributed by atoms with Crippen molar-refractivity contribution in [3.05, 3.63) is 56.6 Å². The Morgan fingerprint density at radius 2 is 1.91 bits per heavy atom. The molecule has 0 bridgehead atoms. The van der Waals surface area contributed by atoms with Crippen LogP contribution in [0.4, 0.5) is 11.4 Å². The summed E-state index contributed by atoms with van der Waals surface area (Å²) in [6.07, 6.45) is 0. The third-order valence-electron chi connectivity index (χ3n) is 3.65. The second kappa shape index (κ2) is 7.51. The fraction of sp³-hybridized carbons (Fsp3) is 0.235. The molecule has 2 aromatic rings. The van der Waals surface area contributed by atoms with Gasteiger partial charge >= 0.3 is 0 Å². The summed E-state index contributed by atoms with van der Waals surface area (Å²) in [6.45, 7) is 2.84. The Balaban J connectivity index is 1.87. The number of benzene rings is 2. The van der Waals surface area contributed by atoms with Crippen molar-refractivity contribution in [3.63, 3.8) is 0 Å². The maximum atomic E-state index is 12.5. The van der Waals surface area contributed by atoms with Gasteiger partial charge in [-0.1, -0.05) is 23.7 Å². The Labute approximate surface area is 153 Å². The number of nitrogens with one attached hydrogen (secondary N) is 1. The smallest absolute Gasteiger partial charge is 0.255 e. The van der Waals surface area contributed by atoms with Gasteiger partial charge in [-0.05, 0) is 52.9 Å². The Bertz CT molecular complexity index is 717. The van der Waals surface area contributed by atoms with E-state index in [0.717, 1.165) is 28.0 Å². The number of rotatable bonds is 3. The molecule has 0 aliphatic carbocycles. The van der Waals surface area contributed by atoms with E-state index < -0.39 is 0 Å². The van der Waals surface area contributed by atoms with E-state index in [1.807, 2.05) is 36.4 Å². The van der Waals surface area contributed by atoms with Crippen LogP contribution in [0.15, 0.2) is 42.5 Å². The molecular formula is C17H16ClIN2O2. The van der Waals surface area contributed by atoms with Crippen LogP contribution in [0.3, 0.4) is 0 Å². The molecule has 1 aliphatic rings. The minimum atomic E-state index is -0.139. The highest BCUT2D eigenvalue weighted by Crippen LogP contribution is 2.34. The molecule has 1 heterocycles. The summed E-state index contributed by atoms with van der Waals surface area (Å²) in [5.74, 6) is -0.139. The van der Waals surface area contributed by atoms with E-state index in [1.54, 1.807) is 6.07 Å².